The van der Waals surface area contributed by atoms with Crippen LogP contribution in [0.15, 0.2) is 41.1 Å². The summed E-state index contributed by atoms with van der Waals surface area (Å²) in [7, 11) is 0. The van der Waals surface area contributed by atoms with Crippen LogP contribution in [0.4, 0.5) is 0 Å². The van der Waals surface area contributed by atoms with Gasteiger partial charge in [0, 0.05) is 36.4 Å². The predicted octanol–water partition coefficient (Wildman–Crippen LogP) is 2.20. The molecule has 4 heteroatoms. The van der Waals surface area contributed by atoms with Crippen LogP contribution in [0.5, 0.6) is 0 Å². The average Bonchev–Trinajstić information content (AvgIpc) is 2.70. The minimum Gasteiger partial charge on any atom is -0.333 e. The molecule has 1 aromatic heterocycles. The van der Waals surface area contributed by atoms with Crippen molar-refractivity contribution in [3.63, 3.8) is 0 Å². The normalized spacial score (nSPS) is 10.6. The number of rotatable bonds is 4. The van der Waals surface area contributed by atoms with E-state index >= 15 is 0 Å². The third-order valence-electron chi connectivity index (χ3n) is 2.45. The molecule has 0 saturated heterocycles. The number of benzene rings is 1. The topological polar surface area (TPSA) is 43.8 Å². The van der Waals surface area contributed by atoms with Gasteiger partial charge in [0.2, 0.25) is 0 Å². The van der Waals surface area contributed by atoms with E-state index in [4.69, 9.17) is 5.73 Å². The van der Waals surface area contributed by atoms with Gasteiger partial charge in [-0.1, -0.05) is 28.1 Å². The van der Waals surface area contributed by atoms with Crippen LogP contribution in [-0.4, -0.2) is 16.1 Å². The molecule has 2 aromatic rings. The molecule has 3 nitrogen and oxygen atoms in total. The second-order valence-electron chi connectivity index (χ2n) is 3.63. The van der Waals surface area contributed by atoms with Gasteiger partial charge < -0.3 is 10.3 Å². The van der Waals surface area contributed by atoms with E-state index in [1.165, 1.54) is 5.56 Å². The Labute approximate surface area is 103 Å². The largest absolute Gasteiger partial charge is 0.333 e. The highest BCUT2D eigenvalue weighted by Crippen LogP contribution is 2.13. The van der Waals surface area contributed by atoms with Crippen LogP contribution in [0.1, 0.15) is 11.4 Å². The summed E-state index contributed by atoms with van der Waals surface area (Å²) in [6.45, 7) is 1.47. The van der Waals surface area contributed by atoms with Gasteiger partial charge in [-0.3, -0.25) is 0 Å². The molecule has 0 saturated carbocycles. The molecule has 0 bridgehead atoms. The molecule has 0 unspecified atom stereocenters. The van der Waals surface area contributed by atoms with E-state index in [1.54, 1.807) is 0 Å². The highest BCUT2D eigenvalue weighted by molar-refractivity contribution is 9.10. The van der Waals surface area contributed by atoms with Crippen LogP contribution in [-0.2, 0) is 13.0 Å². The molecule has 2 rings (SSSR count). The maximum absolute atomic E-state index is 5.55. The molecular weight excluding hydrogens is 266 g/mol. The number of hydrogen-bond acceptors (Lipinski definition) is 2. The summed E-state index contributed by atoms with van der Waals surface area (Å²) in [6.07, 6.45) is 4.64. The summed E-state index contributed by atoms with van der Waals surface area (Å²) in [4.78, 5) is 4.35. The van der Waals surface area contributed by atoms with E-state index in [1.807, 2.05) is 24.5 Å². The average molecular weight is 280 g/mol. The fourth-order valence-corrected chi connectivity index (χ4v) is 1.90. The molecule has 0 aliphatic rings. The molecule has 0 spiro atoms. The second-order valence-corrected chi connectivity index (χ2v) is 4.54. The summed E-state index contributed by atoms with van der Waals surface area (Å²) in [6, 6.07) is 8.30. The number of aromatic nitrogens is 2. The van der Waals surface area contributed by atoms with Crippen molar-refractivity contribution in [1.82, 2.24) is 9.55 Å². The Morgan fingerprint density at radius 2 is 2.00 bits per heavy atom. The fraction of sp³-hybridized carbons (Fsp3) is 0.250. The van der Waals surface area contributed by atoms with E-state index < -0.39 is 0 Å². The van der Waals surface area contributed by atoms with E-state index in [-0.39, 0.29) is 0 Å². The van der Waals surface area contributed by atoms with Crippen molar-refractivity contribution < 1.29 is 0 Å². The van der Waals surface area contributed by atoms with Gasteiger partial charge >= 0.3 is 0 Å². The SMILES string of the molecule is NCCn1ccnc1Cc1ccc(Br)cc1. The Kier molecular flexibility index (Phi) is 3.74. The lowest BCUT2D eigenvalue weighted by atomic mass is 10.1. The van der Waals surface area contributed by atoms with E-state index in [0.717, 1.165) is 23.3 Å². The molecule has 0 aliphatic carbocycles. The number of imidazole rings is 1. The Morgan fingerprint density at radius 3 is 2.69 bits per heavy atom. The highest BCUT2D eigenvalue weighted by atomic mass is 79.9. The summed E-state index contributed by atoms with van der Waals surface area (Å²) in [5.41, 5.74) is 6.80. The van der Waals surface area contributed by atoms with Gasteiger partial charge in [-0.05, 0) is 17.7 Å². The fourth-order valence-electron chi connectivity index (χ4n) is 1.63. The van der Waals surface area contributed by atoms with Crippen molar-refractivity contribution in [3.8, 4) is 0 Å². The van der Waals surface area contributed by atoms with Gasteiger partial charge in [0.25, 0.3) is 0 Å². The molecule has 1 aromatic carbocycles. The van der Waals surface area contributed by atoms with Crippen LogP contribution in [0.2, 0.25) is 0 Å². The van der Waals surface area contributed by atoms with Crippen molar-refractivity contribution in [2.75, 3.05) is 6.54 Å². The zero-order valence-corrected chi connectivity index (χ0v) is 10.5. The summed E-state index contributed by atoms with van der Waals surface area (Å²) >= 11 is 3.43. The zero-order valence-electron chi connectivity index (χ0n) is 8.94. The number of nitrogens with two attached hydrogens (primary N) is 1. The van der Waals surface area contributed by atoms with E-state index in [9.17, 15) is 0 Å². The molecule has 0 fully saturated rings. The maximum Gasteiger partial charge on any atom is 0.113 e. The van der Waals surface area contributed by atoms with Crippen LogP contribution in [0.3, 0.4) is 0 Å². The van der Waals surface area contributed by atoms with Crippen molar-refractivity contribution in [1.29, 1.82) is 0 Å². The molecule has 1 heterocycles. The third kappa shape index (κ3) is 2.71. The maximum atomic E-state index is 5.55. The third-order valence-corrected chi connectivity index (χ3v) is 2.98. The first kappa shape index (κ1) is 11.4. The quantitative estimate of drug-likeness (QED) is 0.933. The Hall–Kier alpha value is -1.13. The van der Waals surface area contributed by atoms with Crippen molar-refractivity contribution in [2.45, 2.75) is 13.0 Å². The summed E-state index contributed by atoms with van der Waals surface area (Å²) in [5, 5.41) is 0. The van der Waals surface area contributed by atoms with Gasteiger partial charge in [0.1, 0.15) is 5.82 Å². The predicted molar refractivity (Wildman–Crippen MR) is 68.2 cm³/mol. The lowest BCUT2D eigenvalue weighted by molar-refractivity contribution is 0.671. The van der Waals surface area contributed by atoms with Crippen molar-refractivity contribution in [2.24, 2.45) is 5.73 Å². The smallest absolute Gasteiger partial charge is 0.113 e. The van der Waals surface area contributed by atoms with Crippen LogP contribution in [0.25, 0.3) is 0 Å². The van der Waals surface area contributed by atoms with Crippen molar-refractivity contribution >= 4 is 15.9 Å². The number of nitrogens with zero attached hydrogens (tertiary/aromatic N) is 2. The van der Waals surface area contributed by atoms with Gasteiger partial charge in [-0.2, -0.15) is 0 Å². The molecule has 0 radical (unpaired) electrons. The Balaban J connectivity index is 2.13. The molecule has 0 aliphatic heterocycles. The monoisotopic (exact) mass is 279 g/mol. The lowest BCUT2D eigenvalue weighted by Crippen LogP contribution is -2.12. The van der Waals surface area contributed by atoms with Gasteiger partial charge in [0.15, 0.2) is 0 Å². The van der Waals surface area contributed by atoms with Gasteiger partial charge in [-0.25, -0.2) is 4.98 Å². The zero-order chi connectivity index (χ0) is 11.4. The molecular formula is C12H14BrN3. The molecule has 2 N–H and O–H groups in total. The second kappa shape index (κ2) is 5.27. The Bertz CT molecular complexity index is 448. The first-order valence-corrected chi connectivity index (χ1v) is 6.03. The summed E-state index contributed by atoms with van der Waals surface area (Å²) < 4.78 is 3.20. The molecule has 0 amide bonds. The highest BCUT2D eigenvalue weighted by Gasteiger charge is 2.03. The minimum atomic E-state index is 0.643. The molecule has 0 atom stereocenters. The van der Waals surface area contributed by atoms with Crippen LogP contribution in [0, 0.1) is 0 Å². The van der Waals surface area contributed by atoms with Crippen molar-refractivity contribution in [3.05, 3.63) is 52.5 Å². The van der Waals surface area contributed by atoms with Crippen LogP contribution < -0.4 is 5.73 Å². The van der Waals surface area contributed by atoms with Gasteiger partial charge in [0.05, 0.1) is 0 Å². The number of halogens is 1. The van der Waals surface area contributed by atoms with Gasteiger partial charge in [-0.15, -0.1) is 0 Å². The van der Waals surface area contributed by atoms with Crippen LogP contribution >= 0.6 is 15.9 Å². The molecule has 84 valence electrons. The molecule has 16 heavy (non-hydrogen) atoms. The number of hydrogen-bond donors (Lipinski definition) is 1. The first-order valence-electron chi connectivity index (χ1n) is 5.24. The first-order chi connectivity index (χ1) is 7.79. The minimum absolute atomic E-state index is 0.643. The van der Waals surface area contributed by atoms with E-state index in [2.05, 4.69) is 37.6 Å². The lowest BCUT2D eigenvalue weighted by Gasteiger charge is -2.06. The standard InChI is InChI=1S/C12H14BrN3/c13-11-3-1-10(2-4-11)9-12-15-6-8-16(12)7-5-14/h1-4,6,8H,5,7,9,14H2. The summed E-state index contributed by atoms with van der Waals surface area (Å²) in [5.74, 6) is 1.06. The Morgan fingerprint density at radius 1 is 1.25 bits per heavy atom. The van der Waals surface area contributed by atoms with E-state index in [0.29, 0.717) is 6.54 Å².